The number of aromatic amines is 1. The highest BCUT2D eigenvalue weighted by atomic mass is 35.5. The summed E-state index contributed by atoms with van der Waals surface area (Å²) in [5.74, 6) is -0.599. The van der Waals surface area contributed by atoms with Crippen molar-refractivity contribution in [3.05, 3.63) is 77.3 Å². The van der Waals surface area contributed by atoms with E-state index >= 15 is 0 Å². The van der Waals surface area contributed by atoms with Crippen LogP contribution in [0.25, 0.3) is 22.2 Å². The average molecular weight is 466 g/mol. The van der Waals surface area contributed by atoms with Gasteiger partial charge in [-0.15, -0.1) is 0 Å². The molecule has 3 heterocycles. The molecule has 2 N–H and O–H groups in total. The maximum absolute atomic E-state index is 14.2. The predicted molar refractivity (Wildman–Crippen MR) is 124 cm³/mol. The molecule has 0 saturated carbocycles. The van der Waals surface area contributed by atoms with Crippen LogP contribution in [0.2, 0.25) is 5.02 Å². The highest BCUT2D eigenvalue weighted by Crippen LogP contribution is 2.28. The van der Waals surface area contributed by atoms with Crippen molar-refractivity contribution in [3.8, 4) is 11.3 Å². The van der Waals surface area contributed by atoms with Crippen LogP contribution >= 0.6 is 11.6 Å². The molecule has 0 bridgehead atoms. The normalized spacial score (nSPS) is 16.7. The molecule has 1 unspecified atom stereocenters. The van der Waals surface area contributed by atoms with E-state index in [0.717, 1.165) is 22.2 Å². The molecule has 1 aliphatic heterocycles. The van der Waals surface area contributed by atoms with Gasteiger partial charge < -0.3 is 10.1 Å². The quantitative estimate of drug-likeness (QED) is 0.460. The van der Waals surface area contributed by atoms with E-state index in [1.165, 1.54) is 6.07 Å². The molecular weight excluding hydrogens is 445 g/mol. The van der Waals surface area contributed by atoms with Crippen molar-refractivity contribution in [3.63, 3.8) is 0 Å². The molecule has 1 aliphatic rings. The summed E-state index contributed by atoms with van der Waals surface area (Å²) in [4.78, 5) is 19.0. The van der Waals surface area contributed by atoms with Crippen LogP contribution in [-0.2, 0) is 16.1 Å². The lowest BCUT2D eigenvalue weighted by Crippen LogP contribution is -2.47. The van der Waals surface area contributed by atoms with E-state index < -0.39 is 6.10 Å². The molecule has 1 amide bonds. The molecule has 0 aliphatic carbocycles. The molecule has 33 heavy (non-hydrogen) atoms. The number of anilines is 1. The van der Waals surface area contributed by atoms with Crippen molar-refractivity contribution in [2.45, 2.75) is 12.6 Å². The molecule has 168 valence electrons. The highest BCUT2D eigenvalue weighted by molar-refractivity contribution is 6.30. The van der Waals surface area contributed by atoms with Gasteiger partial charge in [-0.3, -0.25) is 19.8 Å². The summed E-state index contributed by atoms with van der Waals surface area (Å²) in [6, 6.07) is 14.0. The monoisotopic (exact) mass is 465 g/mol. The van der Waals surface area contributed by atoms with Crippen LogP contribution in [0.5, 0.6) is 0 Å². The van der Waals surface area contributed by atoms with Crippen molar-refractivity contribution in [2.24, 2.45) is 0 Å². The number of hydrogen-bond acceptors (Lipinski definition) is 5. The van der Waals surface area contributed by atoms with Crippen LogP contribution in [0.15, 0.2) is 60.9 Å². The van der Waals surface area contributed by atoms with Gasteiger partial charge in [0.25, 0.3) is 5.91 Å². The SMILES string of the molecule is O=C(Nc1ccc2[nH]nc(-c3ccncc3)c2c1)C1CN(Cc2ccc(Cl)cc2F)CCO1. The lowest BCUT2D eigenvalue weighted by molar-refractivity contribution is -0.133. The van der Waals surface area contributed by atoms with E-state index in [1.807, 2.05) is 35.2 Å². The fourth-order valence-electron chi connectivity index (χ4n) is 3.94. The average Bonchev–Trinajstić information content (AvgIpc) is 3.25. The predicted octanol–water partition coefficient (Wildman–Crippen LogP) is 4.26. The van der Waals surface area contributed by atoms with E-state index in [2.05, 4.69) is 20.5 Å². The number of aromatic nitrogens is 3. The number of carbonyl (C=O) groups is 1. The first-order valence-electron chi connectivity index (χ1n) is 10.5. The fraction of sp³-hybridized carbons (Fsp3) is 0.208. The van der Waals surface area contributed by atoms with Gasteiger partial charge in [0.05, 0.1) is 12.1 Å². The first kappa shape index (κ1) is 21.5. The van der Waals surface area contributed by atoms with Gasteiger partial charge in [0.2, 0.25) is 0 Å². The molecule has 2 aromatic carbocycles. The Balaban J connectivity index is 1.29. The molecule has 7 nitrogen and oxygen atoms in total. The van der Waals surface area contributed by atoms with Crippen molar-refractivity contribution in [2.75, 3.05) is 25.0 Å². The largest absolute Gasteiger partial charge is 0.366 e. The molecule has 2 aromatic heterocycles. The standard InChI is InChI=1S/C24H21ClFN5O2/c25-17-2-1-16(20(26)11-17)13-31-9-10-33-22(14-31)24(32)28-18-3-4-21-19(12-18)23(30-29-21)15-5-7-27-8-6-15/h1-8,11-12,22H,9-10,13-14H2,(H,28,32)(H,29,30). The minimum atomic E-state index is -0.658. The van der Waals surface area contributed by atoms with E-state index in [0.29, 0.717) is 42.5 Å². The maximum atomic E-state index is 14.2. The number of morpholine rings is 1. The highest BCUT2D eigenvalue weighted by Gasteiger charge is 2.27. The van der Waals surface area contributed by atoms with Gasteiger partial charge in [-0.2, -0.15) is 5.10 Å². The summed E-state index contributed by atoms with van der Waals surface area (Å²) in [6.45, 7) is 1.75. The number of nitrogens with one attached hydrogen (secondary N) is 2. The van der Waals surface area contributed by atoms with Crippen molar-refractivity contribution in [1.82, 2.24) is 20.1 Å². The zero-order chi connectivity index (χ0) is 22.8. The lowest BCUT2D eigenvalue weighted by Gasteiger charge is -2.32. The zero-order valence-electron chi connectivity index (χ0n) is 17.6. The van der Waals surface area contributed by atoms with Crippen LogP contribution < -0.4 is 5.32 Å². The van der Waals surface area contributed by atoms with Crippen LogP contribution in [0, 0.1) is 5.82 Å². The number of fused-ring (bicyclic) bond motifs is 1. The Morgan fingerprint density at radius 1 is 1.21 bits per heavy atom. The number of H-pyrrole nitrogens is 1. The van der Waals surface area contributed by atoms with Crippen molar-refractivity contribution in [1.29, 1.82) is 0 Å². The van der Waals surface area contributed by atoms with Gasteiger partial charge in [-0.25, -0.2) is 4.39 Å². The number of benzene rings is 2. The van der Waals surface area contributed by atoms with Crippen LogP contribution in [0.1, 0.15) is 5.56 Å². The third-order valence-electron chi connectivity index (χ3n) is 5.64. The summed E-state index contributed by atoms with van der Waals surface area (Å²) in [5, 5.41) is 11.6. The third-order valence-corrected chi connectivity index (χ3v) is 5.87. The van der Waals surface area contributed by atoms with E-state index in [1.54, 1.807) is 24.5 Å². The number of halogens is 2. The summed E-state index contributed by atoms with van der Waals surface area (Å²) in [7, 11) is 0. The lowest BCUT2D eigenvalue weighted by atomic mass is 10.1. The molecule has 1 saturated heterocycles. The molecule has 4 aromatic rings. The molecular formula is C24H21ClFN5O2. The summed E-state index contributed by atoms with van der Waals surface area (Å²) >= 11 is 5.84. The topological polar surface area (TPSA) is 83.1 Å². The Hall–Kier alpha value is -3.33. The minimum Gasteiger partial charge on any atom is -0.366 e. The van der Waals surface area contributed by atoms with Gasteiger partial charge in [0.1, 0.15) is 17.6 Å². The minimum absolute atomic E-state index is 0.246. The molecule has 5 rings (SSSR count). The van der Waals surface area contributed by atoms with Crippen LogP contribution in [0.3, 0.4) is 0 Å². The smallest absolute Gasteiger partial charge is 0.254 e. The van der Waals surface area contributed by atoms with Gasteiger partial charge in [0, 0.05) is 59.3 Å². The molecule has 1 atom stereocenters. The number of nitrogens with zero attached hydrogens (tertiary/aromatic N) is 3. The number of rotatable bonds is 5. The molecule has 1 fully saturated rings. The Bertz CT molecular complexity index is 1300. The van der Waals surface area contributed by atoms with E-state index in [9.17, 15) is 9.18 Å². The van der Waals surface area contributed by atoms with Gasteiger partial charge in [-0.05, 0) is 42.5 Å². The van der Waals surface area contributed by atoms with Crippen molar-refractivity contribution < 1.29 is 13.9 Å². The Labute approximate surface area is 194 Å². The molecule has 0 radical (unpaired) electrons. The first-order valence-corrected chi connectivity index (χ1v) is 10.9. The van der Waals surface area contributed by atoms with Gasteiger partial charge >= 0.3 is 0 Å². The number of carbonyl (C=O) groups excluding carboxylic acids is 1. The third kappa shape index (κ3) is 4.73. The second kappa shape index (κ2) is 9.27. The number of hydrogen-bond donors (Lipinski definition) is 2. The van der Waals surface area contributed by atoms with Crippen molar-refractivity contribution >= 4 is 34.1 Å². The second-order valence-corrected chi connectivity index (χ2v) is 8.32. The number of pyridine rings is 1. The summed E-state index contributed by atoms with van der Waals surface area (Å²) in [6.07, 6.45) is 2.77. The Kier molecular flexibility index (Phi) is 6.04. The Morgan fingerprint density at radius 3 is 2.88 bits per heavy atom. The maximum Gasteiger partial charge on any atom is 0.254 e. The van der Waals surface area contributed by atoms with Crippen LogP contribution in [-0.4, -0.2) is 51.8 Å². The number of amides is 1. The Morgan fingerprint density at radius 2 is 2.06 bits per heavy atom. The van der Waals surface area contributed by atoms with E-state index in [4.69, 9.17) is 16.3 Å². The zero-order valence-corrected chi connectivity index (χ0v) is 18.3. The number of ether oxygens (including phenoxy) is 1. The van der Waals surface area contributed by atoms with Gasteiger partial charge in [-0.1, -0.05) is 17.7 Å². The summed E-state index contributed by atoms with van der Waals surface area (Å²) in [5.41, 5.74) is 3.77. The van der Waals surface area contributed by atoms with Gasteiger partial charge in [0.15, 0.2) is 0 Å². The first-order chi connectivity index (χ1) is 16.1. The fourth-order valence-corrected chi connectivity index (χ4v) is 4.10. The van der Waals surface area contributed by atoms with E-state index in [-0.39, 0.29) is 11.7 Å². The molecule has 0 spiro atoms. The molecule has 9 heteroatoms. The van der Waals surface area contributed by atoms with Crippen LogP contribution in [0.4, 0.5) is 10.1 Å². The second-order valence-electron chi connectivity index (χ2n) is 7.89. The summed E-state index contributed by atoms with van der Waals surface area (Å²) < 4.78 is 19.9.